The normalized spacial score (nSPS) is 10.2. The summed E-state index contributed by atoms with van der Waals surface area (Å²) in [5, 5.41) is 2.81. The van der Waals surface area contributed by atoms with Gasteiger partial charge in [0.05, 0.1) is 17.4 Å². The van der Waals surface area contributed by atoms with Crippen molar-refractivity contribution in [2.75, 3.05) is 17.3 Å². The topological polar surface area (TPSA) is 58.1 Å². The molecule has 0 saturated heterocycles. The van der Waals surface area contributed by atoms with Gasteiger partial charge in [-0.05, 0) is 29.8 Å². The summed E-state index contributed by atoms with van der Waals surface area (Å²) in [5.74, 6) is 0.647. The molecule has 0 bridgehead atoms. The zero-order valence-electron chi connectivity index (χ0n) is 13.4. The van der Waals surface area contributed by atoms with E-state index in [9.17, 15) is 4.79 Å². The Morgan fingerprint density at radius 2 is 1.88 bits per heavy atom. The second-order valence-electron chi connectivity index (χ2n) is 5.44. The Morgan fingerprint density at radius 3 is 2.54 bits per heavy atom. The van der Waals surface area contributed by atoms with Crippen molar-refractivity contribution in [3.05, 3.63) is 84.3 Å². The molecule has 2 aromatic heterocycles. The molecule has 0 radical (unpaired) electrons. The van der Waals surface area contributed by atoms with Crippen molar-refractivity contribution < 1.29 is 4.79 Å². The Balaban J connectivity index is 1.64. The summed E-state index contributed by atoms with van der Waals surface area (Å²) in [4.78, 5) is 22.5. The van der Waals surface area contributed by atoms with E-state index in [-0.39, 0.29) is 5.91 Å². The molecule has 0 spiro atoms. The highest BCUT2D eigenvalue weighted by Gasteiger charge is 2.07. The summed E-state index contributed by atoms with van der Waals surface area (Å²) >= 11 is 0. The quantitative estimate of drug-likeness (QED) is 0.783. The third-order valence-corrected chi connectivity index (χ3v) is 3.58. The highest BCUT2D eigenvalue weighted by atomic mass is 16.1. The molecule has 1 amide bonds. The van der Waals surface area contributed by atoms with Crippen molar-refractivity contribution in [3.63, 3.8) is 0 Å². The highest BCUT2D eigenvalue weighted by Crippen LogP contribution is 2.16. The number of aromatic nitrogens is 2. The summed E-state index contributed by atoms with van der Waals surface area (Å²) in [6, 6.07) is 17.4. The largest absolute Gasteiger partial charge is 0.355 e. The van der Waals surface area contributed by atoms with Gasteiger partial charge in [0, 0.05) is 26.0 Å². The maximum Gasteiger partial charge on any atom is 0.257 e. The van der Waals surface area contributed by atoms with Crippen molar-refractivity contribution in [3.8, 4) is 0 Å². The first-order chi connectivity index (χ1) is 11.7. The SMILES string of the molecule is CN(Cc1ccccc1)c1ccc(NC(=O)c2cccnc2)cn1. The molecular weight excluding hydrogens is 300 g/mol. The Morgan fingerprint density at radius 1 is 1.04 bits per heavy atom. The van der Waals surface area contributed by atoms with Crippen LogP contribution in [0, 0.1) is 0 Å². The van der Waals surface area contributed by atoms with E-state index in [4.69, 9.17) is 0 Å². The number of pyridine rings is 2. The van der Waals surface area contributed by atoms with Gasteiger partial charge < -0.3 is 10.2 Å². The molecule has 0 fully saturated rings. The number of rotatable bonds is 5. The van der Waals surface area contributed by atoms with Crippen LogP contribution >= 0.6 is 0 Å². The smallest absolute Gasteiger partial charge is 0.257 e. The molecule has 0 atom stereocenters. The maximum atomic E-state index is 12.1. The van der Waals surface area contributed by atoms with E-state index in [0.717, 1.165) is 12.4 Å². The number of nitrogens with one attached hydrogen (secondary N) is 1. The van der Waals surface area contributed by atoms with Gasteiger partial charge in [0.25, 0.3) is 5.91 Å². The van der Waals surface area contributed by atoms with Crippen molar-refractivity contribution >= 4 is 17.4 Å². The molecule has 120 valence electrons. The van der Waals surface area contributed by atoms with Crippen LogP contribution in [0.3, 0.4) is 0 Å². The predicted octanol–water partition coefficient (Wildman–Crippen LogP) is 3.37. The minimum absolute atomic E-state index is 0.199. The van der Waals surface area contributed by atoms with Crippen LogP contribution in [0.2, 0.25) is 0 Å². The second-order valence-corrected chi connectivity index (χ2v) is 5.44. The van der Waals surface area contributed by atoms with E-state index >= 15 is 0 Å². The number of amides is 1. The van der Waals surface area contributed by atoms with Crippen LogP contribution in [-0.2, 0) is 6.54 Å². The lowest BCUT2D eigenvalue weighted by Gasteiger charge is -2.18. The lowest BCUT2D eigenvalue weighted by molar-refractivity contribution is 0.102. The van der Waals surface area contributed by atoms with E-state index < -0.39 is 0 Å². The third kappa shape index (κ3) is 3.95. The number of hydrogen-bond acceptors (Lipinski definition) is 4. The Hall–Kier alpha value is -3.21. The van der Waals surface area contributed by atoms with Crippen molar-refractivity contribution in [1.82, 2.24) is 9.97 Å². The summed E-state index contributed by atoms with van der Waals surface area (Å²) < 4.78 is 0. The lowest BCUT2D eigenvalue weighted by Crippen LogP contribution is -2.18. The van der Waals surface area contributed by atoms with Gasteiger partial charge in [-0.3, -0.25) is 9.78 Å². The van der Waals surface area contributed by atoms with Crippen LogP contribution in [0.25, 0.3) is 0 Å². The minimum Gasteiger partial charge on any atom is -0.355 e. The summed E-state index contributed by atoms with van der Waals surface area (Å²) in [5.41, 5.74) is 2.39. The Kier molecular flexibility index (Phi) is 4.81. The molecular formula is C19H18N4O. The average molecular weight is 318 g/mol. The molecule has 0 unspecified atom stereocenters. The second kappa shape index (κ2) is 7.37. The molecule has 1 N–H and O–H groups in total. The van der Waals surface area contributed by atoms with Gasteiger partial charge in [-0.25, -0.2) is 4.98 Å². The zero-order valence-corrected chi connectivity index (χ0v) is 13.4. The van der Waals surface area contributed by atoms with Crippen LogP contribution in [0.1, 0.15) is 15.9 Å². The maximum absolute atomic E-state index is 12.1. The predicted molar refractivity (Wildman–Crippen MR) is 95.0 cm³/mol. The Bertz CT molecular complexity index is 789. The molecule has 5 nitrogen and oxygen atoms in total. The van der Waals surface area contributed by atoms with E-state index in [0.29, 0.717) is 11.3 Å². The van der Waals surface area contributed by atoms with Crippen molar-refractivity contribution in [2.45, 2.75) is 6.54 Å². The fourth-order valence-corrected chi connectivity index (χ4v) is 2.32. The van der Waals surface area contributed by atoms with Crippen molar-refractivity contribution in [1.29, 1.82) is 0 Å². The zero-order chi connectivity index (χ0) is 16.8. The molecule has 0 saturated carbocycles. The molecule has 3 aromatic rings. The molecule has 0 aliphatic rings. The van der Waals surface area contributed by atoms with Crippen LogP contribution in [0.15, 0.2) is 73.2 Å². The van der Waals surface area contributed by atoms with Crippen LogP contribution in [0.4, 0.5) is 11.5 Å². The van der Waals surface area contributed by atoms with Gasteiger partial charge in [0.1, 0.15) is 5.82 Å². The number of hydrogen-bond donors (Lipinski definition) is 1. The van der Waals surface area contributed by atoms with Gasteiger partial charge in [-0.1, -0.05) is 30.3 Å². The number of benzene rings is 1. The van der Waals surface area contributed by atoms with Gasteiger partial charge in [-0.15, -0.1) is 0 Å². The number of carbonyl (C=O) groups excluding carboxylic acids is 1. The highest BCUT2D eigenvalue weighted by molar-refractivity contribution is 6.03. The molecule has 2 heterocycles. The van der Waals surface area contributed by atoms with Crippen LogP contribution in [0.5, 0.6) is 0 Å². The van der Waals surface area contributed by atoms with Crippen molar-refractivity contribution in [2.24, 2.45) is 0 Å². The summed E-state index contributed by atoms with van der Waals surface area (Å²) in [6.45, 7) is 0.773. The van der Waals surface area contributed by atoms with Gasteiger partial charge >= 0.3 is 0 Å². The number of anilines is 2. The first-order valence-corrected chi connectivity index (χ1v) is 7.65. The molecule has 24 heavy (non-hydrogen) atoms. The van der Waals surface area contributed by atoms with Crippen LogP contribution < -0.4 is 10.2 Å². The van der Waals surface area contributed by atoms with Gasteiger partial charge in [0.2, 0.25) is 0 Å². The molecule has 5 heteroatoms. The number of carbonyl (C=O) groups is 1. The monoisotopic (exact) mass is 318 g/mol. The first kappa shape index (κ1) is 15.7. The molecule has 1 aromatic carbocycles. The molecule has 0 aliphatic carbocycles. The van der Waals surface area contributed by atoms with E-state index in [2.05, 4.69) is 32.3 Å². The first-order valence-electron chi connectivity index (χ1n) is 7.65. The fraction of sp³-hybridized carbons (Fsp3) is 0.105. The summed E-state index contributed by atoms with van der Waals surface area (Å²) in [6.07, 6.45) is 4.82. The standard InChI is InChI=1S/C19H18N4O/c1-23(14-15-6-3-2-4-7-15)18-10-9-17(13-21-18)22-19(24)16-8-5-11-20-12-16/h2-13H,14H2,1H3,(H,22,24). The van der Waals surface area contributed by atoms with E-state index in [1.165, 1.54) is 11.8 Å². The Labute approximate surface area is 141 Å². The van der Waals surface area contributed by atoms with Crippen LogP contribution in [-0.4, -0.2) is 22.9 Å². The van der Waals surface area contributed by atoms with Gasteiger partial charge in [0.15, 0.2) is 0 Å². The average Bonchev–Trinajstić information content (AvgIpc) is 2.64. The van der Waals surface area contributed by atoms with Gasteiger partial charge in [-0.2, -0.15) is 0 Å². The van der Waals surface area contributed by atoms with E-state index in [1.807, 2.05) is 37.4 Å². The minimum atomic E-state index is -0.199. The number of nitrogens with zero attached hydrogens (tertiary/aromatic N) is 3. The fourth-order valence-electron chi connectivity index (χ4n) is 2.32. The summed E-state index contributed by atoms with van der Waals surface area (Å²) in [7, 11) is 1.99. The lowest BCUT2D eigenvalue weighted by atomic mass is 10.2. The molecule has 3 rings (SSSR count). The molecule has 0 aliphatic heterocycles. The van der Waals surface area contributed by atoms with E-state index in [1.54, 1.807) is 24.5 Å². The third-order valence-electron chi connectivity index (χ3n) is 3.58.